The minimum atomic E-state index is -3.77. The molecule has 1 aliphatic heterocycles. The molecule has 0 radical (unpaired) electrons. The quantitative estimate of drug-likeness (QED) is 0.594. The number of hydrogen-bond donors (Lipinski definition) is 1. The fourth-order valence-electron chi connectivity index (χ4n) is 3.88. The highest BCUT2D eigenvalue weighted by Crippen LogP contribution is 2.31. The van der Waals surface area contributed by atoms with Gasteiger partial charge < -0.3 is 9.64 Å². The second-order valence-electron chi connectivity index (χ2n) is 8.78. The summed E-state index contributed by atoms with van der Waals surface area (Å²) in [7, 11) is -3.77. The molecular weight excluding hydrogens is 436 g/mol. The predicted octanol–water partition coefficient (Wildman–Crippen LogP) is 4.16. The first-order chi connectivity index (χ1) is 15.8. The van der Waals surface area contributed by atoms with Crippen LogP contribution in [-0.2, 0) is 21.3 Å². The van der Waals surface area contributed by atoms with Crippen molar-refractivity contribution in [2.24, 2.45) is 0 Å². The van der Waals surface area contributed by atoms with Crippen LogP contribution in [-0.4, -0.2) is 37.9 Å². The zero-order chi connectivity index (χ0) is 23.5. The van der Waals surface area contributed by atoms with E-state index >= 15 is 0 Å². The number of morpholine rings is 1. The number of hydrogen-bond acceptors (Lipinski definition) is 4. The molecule has 6 nitrogen and oxygen atoms in total. The van der Waals surface area contributed by atoms with Gasteiger partial charge in [0.1, 0.15) is 6.10 Å². The van der Waals surface area contributed by atoms with E-state index in [4.69, 9.17) is 4.74 Å². The maximum atomic E-state index is 13.5. The van der Waals surface area contributed by atoms with Crippen molar-refractivity contribution < 1.29 is 17.9 Å². The van der Waals surface area contributed by atoms with E-state index in [-0.39, 0.29) is 23.5 Å². The molecule has 7 heteroatoms. The van der Waals surface area contributed by atoms with E-state index in [1.54, 1.807) is 17.0 Å². The molecular formula is C26H28N2O4S. The number of carbonyl (C=O) groups excluding carboxylic acids is 1. The van der Waals surface area contributed by atoms with E-state index in [9.17, 15) is 13.2 Å². The van der Waals surface area contributed by atoms with Crippen LogP contribution in [0.15, 0.2) is 89.8 Å². The van der Waals surface area contributed by atoms with Crippen LogP contribution in [0.3, 0.4) is 0 Å². The number of sulfonamides is 1. The first kappa shape index (κ1) is 23.2. The smallest absolute Gasteiger partial charge is 0.254 e. The first-order valence-corrected chi connectivity index (χ1v) is 12.4. The van der Waals surface area contributed by atoms with Crippen molar-refractivity contribution in [1.82, 2.24) is 9.62 Å². The summed E-state index contributed by atoms with van der Waals surface area (Å²) >= 11 is 0. The van der Waals surface area contributed by atoms with Gasteiger partial charge in [-0.3, -0.25) is 4.79 Å². The highest BCUT2D eigenvalue weighted by Gasteiger charge is 2.39. The standard InChI is InChI=1S/C26H28N2O4S/c1-26(2)19-32-24(21-12-7-4-8-13-21)18-28(26)25(29)22-14-9-15-23(16-22)33(30,31)27-17-20-10-5-3-6-11-20/h3-16,24,27H,17-19H2,1-2H3. The zero-order valence-corrected chi connectivity index (χ0v) is 19.6. The van der Waals surface area contributed by atoms with Crippen LogP contribution in [0, 0.1) is 0 Å². The van der Waals surface area contributed by atoms with Crippen LogP contribution >= 0.6 is 0 Å². The molecule has 4 rings (SSSR count). The van der Waals surface area contributed by atoms with E-state index in [0.29, 0.717) is 18.7 Å². The highest BCUT2D eigenvalue weighted by molar-refractivity contribution is 7.89. The average molecular weight is 465 g/mol. The van der Waals surface area contributed by atoms with Crippen LogP contribution in [0.5, 0.6) is 0 Å². The summed E-state index contributed by atoms with van der Waals surface area (Å²) in [5.74, 6) is -0.218. The van der Waals surface area contributed by atoms with Crippen molar-refractivity contribution in [3.05, 3.63) is 102 Å². The lowest BCUT2D eigenvalue weighted by molar-refractivity contribution is -0.0846. The molecule has 3 aromatic carbocycles. The summed E-state index contributed by atoms with van der Waals surface area (Å²) in [5.41, 5.74) is 1.67. The minimum Gasteiger partial charge on any atom is -0.369 e. The van der Waals surface area contributed by atoms with Gasteiger partial charge in [-0.2, -0.15) is 0 Å². The summed E-state index contributed by atoms with van der Waals surface area (Å²) in [6.45, 7) is 4.85. The van der Waals surface area contributed by atoms with Gasteiger partial charge in [0.2, 0.25) is 10.0 Å². The lowest BCUT2D eigenvalue weighted by atomic mass is 9.97. The Balaban J connectivity index is 1.54. The Hall–Kier alpha value is -3.00. The summed E-state index contributed by atoms with van der Waals surface area (Å²) in [6, 6.07) is 25.3. The Morgan fingerprint density at radius 3 is 2.36 bits per heavy atom. The Kier molecular flexibility index (Phi) is 6.65. The third-order valence-electron chi connectivity index (χ3n) is 5.83. The number of ether oxygens (including phenoxy) is 1. The lowest BCUT2D eigenvalue weighted by Gasteiger charge is -2.45. The Labute approximate surface area is 195 Å². The van der Waals surface area contributed by atoms with Gasteiger partial charge in [-0.15, -0.1) is 0 Å². The molecule has 3 aromatic rings. The third kappa shape index (κ3) is 5.33. The molecule has 0 bridgehead atoms. The summed E-state index contributed by atoms with van der Waals surface area (Å²) in [6.07, 6.45) is -0.234. The Morgan fingerprint density at radius 2 is 1.67 bits per heavy atom. The third-order valence-corrected chi connectivity index (χ3v) is 7.23. The molecule has 1 N–H and O–H groups in total. The highest BCUT2D eigenvalue weighted by atomic mass is 32.2. The van der Waals surface area contributed by atoms with Crippen molar-refractivity contribution in [1.29, 1.82) is 0 Å². The van der Waals surface area contributed by atoms with Crippen molar-refractivity contribution in [2.75, 3.05) is 13.2 Å². The monoisotopic (exact) mass is 464 g/mol. The fourth-order valence-corrected chi connectivity index (χ4v) is 4.95. The zero-order valence-electron chi connectivity index (χ0n) is 18.8. The molecule has 0 saturated carbocycles. The van der Waals surface area contributed by atoms with Gasteiger partial charge in [0.05, 0.1) is 23.6 Å². The number of amides is 1. The number of nitrogens with one attached hydrogen (secondary N) is 1. The molecule has 0 aliphatic carbocycles. The van der Waals surface area contributed by atoms with Crippen molar-refractivity contribution in [3.8, 4) is 0 Å². The molecule has 1 fully saturated rings. The van der Waals surface area contributed by atoms with Crippen LogP contribution < -0.4 is 4.72 Å². The normalized spacial score (nSPS) is 18.1. The number of nitrogens with zero attached hydrogens (tertiary/aromatic N) is 1. The van der Waals surface area contributed by atoms with E-state index in [1.807, 2.05) is 74.5 Å². The maximum Gasteiger partial charge on any atom is 0.254 e. The second-order valence-corrected chi connectivity index (χ2v) is 10.5. The van der Waals surface area contributed by atoms with Gasteiger partial charge >= 0.3 is 0 Å². The van der Waals surface area contributed by atoms with Crippen LogP contribution in [0.4, 0.5) is 0 Å². The number of carbonyl (C=O) groups is 1. The number of rotatable bonds is 6. The van der Waals surface area contributed by atoms with E-state index in [2.05, 4.69) is 4.72 Å². The second kappa shape index (κ2) is 9.47. The van der Waals surface area contributed by atoms with Crippen molar-refractivity contribution in [2.45, 2.75) is 36.9 Å². The summed E-state index contributed by atoms with van der Waals surface area (Å²) in [5, 5.41) is 0. The van der Waals surface area contributed by atoms with Crippen molar-refractivity contribution >= 4 is 15.9 Å². The van der Waals surface area contributed by atoms with Gasteiger partial charge in [-0.1, -0.05) is 66.7 Å². The number of benzene rings is 3. The Morgan fingerprint density at radius 1 is 1.00 bits per heavy atom. The van der Waals surface area contributed by atoms with E-state index in [0.717, 1.165) is 11.1 Å². The SMILES string of the molecule is CC1(C)COC(c2ccccc2)CN1C(=O)c1cccc(S(=O)(=O)NCc2ccccc2)c1. The molecule has 0 aromatic heterocycles. The summed E-state index contributed by atoms with van der Waals surface area (Å²) in [4.78, 5) is 15.3. The van der Waals surface area contributed by atoms with Gasteiger partial charge in [0.15, 0.2) is 0 Å². The minimum absolute atomic E-state index is 0.0648. The molecule has 172 valence electrons. The molecule has 0 spiro atoms. The fraction of sp³-hybridized carbons (Fsp3) is 0.269. The molecule has 1 heterocycles. The van der Waals surface area contributed by atoms with Gasteiger partial charge in [-0.05, 0) is 43.2 Å². The van der Waals surface area contributed by atoms with E-state index in [1.165, 1.54) is 12.1 Å². The average Bonchev–Trinajstić information content (AvgIpc) is 2.83. The van der Waals surface area contributed by atoms with Crippen LogP contribution in [0.1, 0.15) is 41.4 Å². The molecule has 1 atom stereocenters. The maximum absolute atomic E-state index is 13.5. The van der Waals surface area contributed by atoms with Gasteiger partial charge in [0, 0.05) is 12.1 Å². The topological polar surface area (TPSA) is 75.7 Å². The molecule has 1 aliphatic rings. The summed E-state index contributed by atoms with van der Waals surface area (Å²) < 4.78 is 34.4. The Bertz CT molecular complexity index is 1210. The molecule has 33 heavy (non-hydrogen) atoms. The van der Waals surface area contributed by atoms with Crippen LogP contribution in [0.2, 0.25) is 0 Å². The predicted molar refractivity (Wildman–Crippen MR) is 127 cm³/mol. The van der Waals surface area contributed by atoms with Gasteiger partial charge in [-0.25, -0.2) is 13.1 Å². The van der Waals surface area contributed by atoms with Crippen LogP contribution in [0.25, 0.3) is 0 Å². The molecule has 1 amide bonds. The largest absolute Gasteiger partial charge is 0.369 e. The van der Waals surface area contributed by atoms with E-state index < -0.39 is 15.6 Å². The molecule has 1 unspecified atom stereocenters. The van der Waals surface area contributed by atoms with Crippen molar-refractivity contribution in [3.63, 3.8) is 0 Å². The lowest BCUT2D eigenvalue weighted by Crippen LogP contribution is -2.56. The molecule has 1 saturated heterocycles. The van der Waals surface area contributed by atoms with Gasteiger partial charge in [0.25, 0.3) is 5.91 Å². The first-order valence-electron chi connectivity index (χ1n) is 10.9.